The summed E-state index contributed by atoms with van der Waals surface area (Å²) in [5.41, 5.74) is 1.82. The molecule has 1 fully saturated rings. The summed E-state index contributed by atoms with van der Waals surface area (Å²) in [5.74, 6) is 0.140. The van der Waals surface area contributed by atoms with Gasteiger partial charge in [-0.1, -0.05) is 35.9 Å². The second-order valence-corrected chi connectivity index (χ2v) is 8.99. The molecule has 31 heavy (non-hydrogen) atoms. The van der Waals surface area contributed by atoms with Gasteiger partial charge in [0.1, 0.15) is 5.75 Å². The molecule has 160 valence electrons. The van der Waals surface area contributed by atoms with Gasteiger partial charge in [0.15, 0.2) is 0 Å². The second kappa shape index (κ2) is 9.54. The van der Waals surface area contributed by atoms with Crippen LogP contribution in [0.3, 0.4) is 0 Å². The summed E-state index contributed by atoms with van der Waals surface area (Å²) in [6.45, 7) is 1.84. The van der Waals surface area contributed by atoms with Crippen molar-refractivity contribution in [2.75, 3.05) is 10.6 Å². The standard InChI is InChI=1S/C24H23ClN2O3S/c1-15-14-21(27-23(28)17-10-4-5-11-18(17)25)31-22(15)24(29)26-19-12-6-7-13-20(19)30-16-8-2-3-9-16/h4-7,10-14,16H,2-3,8-9H2,1H3,(H,26,29)(H,27,28). The van der Waals surface area contributed by atoms with Gasteiger partial charge in [0, 0.05) is 0 Å². The Morgan fingerprint density at radius 1 is 1.00 bits per heavy atom. The van der Waals surface area contributed by atoms with Crippen molar-refractivity contribution in [3.05, 3.63) is 75.6 Å². The van der Waals surface area contributed by atoms with Gasteiger partial charge in [-0.25, -0.2) is 0 Å². The van der Waals surface area contributed by atoms with E-state index in [4.69, 9.17) is 16.3 Å². The maximum atomic E-state index is 13.0. The van der Waals surface area contributed by atoms with E-state index in [-0.39, 0.29) is 17.9 Å². The lowest BCUT2D eigenvalue weighted by atomic mass is 10.2. The molecule has 0 spiro atoms. The number of thiophene rings is 1. The van der Waals surface area contributed by atoms with Crippen LogP contribution < -0.4 is 15.4 Å². The third-order valence-electron chi connectivity index (χ3n) is 5.21. The molecule has 0 unspecified atom stereocenters. The van der Waals surface area contributed by atoms with Crippen molar-refractivity contribution in [3.63, 3.8) is 0 Å². The third-order valence-corrected chi connectivity index (χ3v) is 6.69. The Morgan fingerprint density at radius 3 is 2.48 bits per heavy atom. The topological polar surface area (TPSA) is 67.4 Å². The van der Waals surface area contributed by atoms with E-state index < -0.39 is 0 Å². The summed E-state index contributed by atoms with van der Waals surface area (Å²) in [4.78, 5) is 26.0. The van der Waals surface area contributed by atoms with Crippen molar-refractivity contribution in [1.29, 1.82) is 0 Å². The average molecular weight is 455 g/mol. The molecule has 4 rings (SSSR count). The van der Waals surface area contributed by atoms with Crippen LogP contribution >= 0.6 is 22.9 Å². The molecule has 0 aliphatic heterocycles. The highest BCUT2D eigenvalue weighted by Gasteiger charge is 2.20. The zero-order valence-corrected chi connectivity index (χ0v) is 18.7. The van der Waals surface area contributed by atoms with Crippen molar-refractivity contribution in [2.24, 2.45) is 0 Å². The molecule has 5 nitrogen and oxygen atoms in total. The number of rotatable bonds is 6. The summed E-state index contributed by atoms with van der Waals surface area (Å²) in [6, 6.07) is 16.1. The fraction of sp³-hybridized carbons (Fsp3) is 0.250. The minimum absolute atomic E-state index is 0.202. The maximum absolute atomic E-state index is 13.0. The van der Waals surface area contributed by atoms with E-state index in [0.717, 1.165) is 18.4 Å². The number of benzene rings is 2. The predicted molar refractivity (Wildman–Crippen MR) is 126 cm³/mol. The molecule has 0 saturated heterocycles. The Balaban J connectivity index is 1.47. The largest absolute Gasteiger partial charge is 0.488 e. The Labute approximate surface area is 190 Å². The third kappa shape index (κ3) is 5.09. The van der Waals surface area contributed by atoms with Crippen LogP contribution in [-0.2, 0) is 0 Å². The summed E-state index contributed by atoms with van der Waals surface area (Å²) in [7, 11) is 0. The monoisotopic (exact) mass is 454 g/mol. The molecule has 0 bridgehead atoms. The van der Waals surface area contributed by atoms with Gasteiger partial charge in [-0.3, -0.25) is 9.59 Å². The predicted octanol–water partition coefficient (Wildman–Crippen LogP) is 6.54. The molecule has 0 atom stereocenters. The summed E-state index contributed by atoms with van der Waals surface area (Å²) < 4.78 is 6.11. The van der Waals surface area contributed by atoms with E-state index in [1.54, 1.807) is 30.3 Å². The van der Waals surface area contributed by atoms with Crippen LogP contribution in [0.5, 0.6) is 5.75 Å². The van der Waals surface area contributed by atoms with Crippen LogP contribution in [0.1, 0.15) is 51.3 Å². The molecule has 3 aromatic rings. The lowest BCUT2D eigenvalue weighted by Gasteiger charge is -2.16. The lowest BCUT2D eigenvalue weighted by Crippen LogP contribution is -2.15. The number of amides is 2. The molecule has 0 radical (unpaired) electrons. The minimum atomic E-state index is -0.311. The Kier molecular flexibility index (Phi) is 6.59. The van der Waals surface area contributed by atoms with E-state index in [9.17, 15) is 9.59 Å². The van der Waals surface area contributed by atoms with Crippen LogP contribution in [0.4, 0.5) is 10.7 Å². The molecule has 2 N–H and O–H groups in total. The summed E-state index contributed by atoms with van der Waals surface area (Å²) in [6.07, 6.45) is 4.64. The Hall–Kier alpha value is -2.83. The van der Waals surface area contributed by atoms with E-state index in [0.29, 0.717) is 31.9 Å². The van der Waals surface area contributed by atoms with E-state index in [1.807, 2.05) is 31.2 Å². The fourth-order valence-electron chi connectivity index (χ4n) is 3.63. The SMILES string of the molecule is Cc1cc(NC(=O)c2ccccc2Cl)sc1C(=O)Nc1ccccc1OC1CCCC1. The fourth-order valence-corrected chi connectivity index (χ4v) is 4.82. The number of ether oxygens (including phenoxy) is 1. The van der Waals surface area contributed by atoms with Gasteiger partial charge >= 0.3 is 0 Å². The van der Waals surface area contributed by atoms with Crippen LogP contribution in [-0.4, -0.2) is 17.9 Å². The Morgan fingerprint density at radius 2 is 1.71 bits per heavy atom. The first-order chi connectivity index (χ1) is 15.0. The number of hydrogen-bond donors (Lipinski definition) is 2. The molecule has 2 aromatic carbocycles. The summed E-state index contributed by atoms with van der Waals surface area (Å²) in [5, 5.41) is 6.76. The number of para-hydroxylation sites is 2. The number of anilines is 2. The van der Waals surface area contributed by atoms with Crippen LogP contribution in [0.2, 0.25) is 5.02 Å². The normalized spacial score (nSPS) is 13.7. The van der Waals surface area contributed by atoms with Gasteiger partial charge in [-0.05, 0) is 68.5 Å². The van der Waals surface area contributed by atoms with E-state index >= 15 is 0 Å². The van der Waals surface area contributed by atoms with Gasteiger partial charge in [-0.15, -0.1) is 11.3 Å². The first-order valence-corrected chi connectivity index (χ1v) is 11.4. The smallest absolute Gasteiger partial charge is 0.266 e. The van der Waals surface area contributed by atoms with Crippen molar-refractivity contribution >= 4 is 45.4 Å². The highest BCUT2D eigenvalue weighted by Crippen LogP contribution is 2.32. The number of halogens is 1. The lowest BCUT2D eigenvalue weighted by molar-refractivity contribution is 0.101. The minimum Gasteiger partial charge on any atom is -0.488 e. The molecule has 1 saturated carbocycles. The van der Waals surface area contributed by atoms with Gasteiger partial charge in [-0.2, -0.15) is 0 Å². The van der Waals surface area contributed by atoms with Crippen molar-refractivity contribution in [1.82, 2.24) is 0 Å². The maximum Gasteiger partial charge on any atom is 0.266 e. The molecule has 1 aliphatic carbocycles. The van der Waals surface area contributed by atoms with Crippen LogP contribution in [0.25, 0.3) is 0 Å². The molecule has 1 aromatic heterocycles. The molecule has 7 heteroatoms. The van der Waals surface area contributed by atoms with Crippen molar-refractivity contribution in [3.8, 4) is 5.75 Å². The van der Waals surface area contributed by atoms with Gasteiger partial charge in [0.25, 0.3) is 11.8 Å². The van der Waals surface area contributed by atoms with E-state index in [1.165, 1.54) is 24.2 Å². The average Bonchev–Trinajstić information content (AvgIpc) is 3.39. The van der Waals surface area contributed by atoms with Crippen molar-refractivity contribution < 1.29 is 14.3 Å². The molecule has 2 amide bonds. The molecule has 1 heterocycles. The molecule has 1 aliphatic rings. The Bertz CT molecular complexity index is 1110. The summed E-state index contributed by atoms with van der Waals surface area (Å²) >= 11 is 7.33. The first-order valence-electron chi connectivity index (χ1n) is 10.2. The van der Waals surface area contributed by atoms with Gasteiger partial charge in [0.05, 0.1) is 32.3 Å². The highest BCUT2D eigenvalue weighted by atomic mass is 35.5. The highest BCUT2D eigenvalue weighted by molar-refractivity contribution is 7.18. The number of hydrogen-bond acceptors (Lipinski definition) is 4. The number of carbonyl (C=O) groups is 2. The second-order valence-electron chi connectivity index (χ2n) is 7.53. The van der Waals surface area contributed by atoms with E-state index in [2.05, 4.69) is 10.6 Å². The zero-order valence-electron chi connectivity index (χ0n) is 17.1. The van der Waals surface area contributed by atoms with Crippen LogP contribution in [0, 0.1) is 6.92 Å². The van der Waals surface area contributed by atoms with Gasteiger partial charge < -0.3 is 15.4 Å². The van der Waals surface area contributed by atoms with Crippen molar-refractivity contribution in [2.45, 2.75) is 38.7 Å². The zero-order chi connectivity index (χ0) is 21.8. The number of aryl methyl sites for hydroxylation is 1. The number of carbonyl (C=O) groups excluding carboxylic acids is 2. The molecular formula is C24H23ClN2O3S. The quantitative estimate of drug-likeness (QED) is 0.444. The molecular weight excluding hydrogens is 432 g/mol. The first kappa shape index (κ1) is 21.4. The number of nitrogens with one attached hydrogen (secondary N) is 2. The van der Waals surface area contributed by atoms with Gasteiger partial charge in [0.2, 0.25) is 0 Å². The van der Waals surface area contributed by atoms with Crippen LogP contribution in [0.15, 0.2) is 54.6 Å².